The van der Waals surface area contributed by atoms with Crippen molar-refractivity contribution in [2.45, 2.75) is 25.9 Å². The summed E-state index contributed by atoms with van der Waals surface area (Å²) in [5.41, 5.74) is 0. The van der Waals surface area contributed by atoms with Crippen LogP contribution in [-0.4, -0.2) is 122 Å². The lowest BCUT2D eigenvalue weighted by atomic mass is 10.2. The van der Waals surface area contributed by atoms with Crippen LogP contribution in [0.15, 0.2) is 0 Å². The summed E-state index contributed by atoms with van der Waals surface area (Å²) in [6.07, 6.45) is 0. The van der Waals surface area contributed by atoms with Crippen molar-refractivity contribution in [3.05, 3.63) is 0 Å². The zero-order valence-corrected chi connectivity index (χ0v) is 15.9. The third-order valence-corrected chi connectivity index (χ3v) is 5.44. The van der Waals surface area contributed by atoms with E-state index in [1.54, 1.807) is 0 Å². The van der Waals surface area contributed by atoms with Crippen LogP contribution in [0.2, 0.25) is 0 Å². The van der Waals surface area contributed by atoms with E-state index in [2.05, 4.69) is 37.7 Å². The lowest BCUT2D eigenvalue weighted by molar-refractivity contribution is -0.137. The molecule has 0 aromatic carbocycles. The molecule has 24 heavy (non-hydrogen) atoms. The summed E-state index contributed by atoms with van der Waals surface area (Å²) < 4.78 is 0. The summed E-state index contributed by atoms with van der Waals surface area (Å²) >= 11 is 0. The van der Waals surface area contributed by atoms with Crippen LogP contribution in [-0.2, 0) is 9.59 Å². The van der Waals surface area contributed by atoms with Gasteiger partial charge in [0.2, 0.25) is 11.8 Å². The summed E-state index contributed by atoms with van der Waals surface area (Å²) in [6.45, 7) is 9.82. The molecule has 0 radical (unpaired) electrons. The molecule has 0 N–H and O–H groups in total. The molecule has 2 aliphatic heterocycles. The topological polar surface area (TPSA) is 50.3 Å². The van der Waals surface area contributed by atoms with Crippen LogP contribution in [0, 0.1) is 0 Å². The van der Waals surface area contributed by atoms with Crippen molar-refractivity contribution in [2.75, 3.05) is 73.5 Å². The summed E-state index contributed by atoms with van der Waals surface area (Å²) in [7, 11) is 6.04. The molecule has 0 saturated carbocycles. The number of carbonyl (C=O) groups is 2. The van der Waals surface area contributed by atoms with E-state index >= 15 is 0 Å². The van der Waals surface area contributed by atoms with Crippen molar-refractivity contribution in [1.29, 1.82) is 0 Å². The van der Waals surface area contributed by atoms with Crippen LogP contribution in [0.4, 0.5) is 0 Å². The zero-order valence-electron chi connectivity index (χ0n) is 15.9. The van der Waals surface area contributed by atoms with E-state index in [1.807, 2.05) is 21.7 Å². The van der Waals surface area contributed by atoms with Crippen molar-refractivity contribution in [3.63, 3.8) is 0 Å². The monoisotopic (exact) mass is 339 g/mol. The molecule has 2 aliphatic rings. The predicted octanol–water partition coefficient (Wildman–Crippen LogP) is -0.757. The van der Waals surface area contributed by atoms with Crippen molar-refractivity contribution < 1.29 is 9.59 Å². The van der Waals surface area contributed by atoms with Gasteiger partial charge in [-0.05, 0) is 35.0 Å². The number of rotatable bonds is 4. The van der Waals surface area contributed by atoms with E-state index in [0.29, 0.717) is 25.2 Å². The van der Waals surface area contributed by atoms with Crippen molar-refractivity contribution in [2.24, 2.45) is 0 Å². The Balaban J connectivity index is 1.77. The highest BCUT2D eigenvalue weighted by Crippen LogP contribution is 2.09. The Bertz CT molecular complexity index is 418. The molecule has 2 saturated heterocycles. The number of nitrogens with zero attached hydrogens (tertiary/aromatic N) is 5. The van der Waals surface area contributed by atoms with Gasteiger partial charge >= 0.3 is 0 Å². The molecular weight excluding hydrogens is 306 g/mol. The van der Waals surface area contributed by atoms with E-state index in [9.17, 15) is 9.59 Å². The predicted molar refractivity (Wildman–Crippen MR) is 94.8 cm³/mol. The number of likely N-dealkylation sites (N-methyl/N-ethyl adjacent to an activating group) is 3. The van der Waals surface area contributed by atoms with E-state index in [0.717, 1.165) is 39.3 Å². The summed E-state index contributed by atoms with van der Waals surface area (Å²) in [6, 6.07) is 0.780. The first-order valence-electron chi connectivity index (χ1n) is 8.92. The Morgan fingerprint density at radius 1 is 0.833 bits per heavy atom. The molecule has 2 rings (SSSR count). The van der Waals surface area contributed by atoms with Gasteiger partial charge in [-0.3, -0.25) is 14.5 Å². The second-order valence-electron chi connectivity index (χ2n) is 7.51. The quantitative estimate of drug-likeness (QED) is 0.674. The average molecular weight is 339 g/mol. The molecule has 2 atom stereocenters. The Morgan fingerprint density at radius 3 is 1.54 bits per heavy atom. The summed E-state index contributed by atoms with van der Waals surface area (Å²) in [5.74, 6) is 0.244. The van der Waals surface area contributed by atoms with Gasteiger partial charge < -0.3 is 19.6 Å². The van der Waals surface area contributed by atoms with Crippen molar-refractivity contribution in [1.82, 2.24) is 24.5 Å². The van der Waals surface area contributed by atoms with E-state index < -0.39 is 0 Å². The number of amides is 2. The van der Waals surface area contributed by atoms with Gasteiger partial charge in [0.1, 0.15) is 0 Å². The SMILES string of the molecule is CC1CN(C(=O)CN(C)CC(=O)N2CCN(C)C(C)C2)CCN1C. The van der Waals surface area contributed by atoms with Gasteiger partial charge in [0, 0.05) is 51.4 Å². The zero-order chi connectivity index (χ0) is 17.9. The molecule has 2 fully saturated rings. The molecule has 2 heterocycles. The number of hydrogen-bond acceptors (Lipinski definition) is 5. The van der Waals surface area contributed by atoms with Crippen molar-refractivity contribution in [3.8, 4) is 0 Å². The number of hydrogen-bond donors (Lipinski definition) is 0. The van der Waals surface area contributed by atoms with Crippen LogP contribution < -0.4 is 0 Å². The Morgan fingerprint density at radius 2 is 1.21 bits per heavy atom. The highest BCUT2D eigenvalue weighted by Gasteiger charge is 2.27. The van der Waals surface area contributed by atoms with Crippen LogP contribution in [0.25, 0.3) is 0 Å². The van der Waals surface area contributed by atoms with Crippen LogP contribution in [0.5, 0.6) is 0 Å². The van der Waals surface area contributed by atoms with Gasteiger partial charge in [0.15, 0.2) is 0 Å². The highest BCUT2D eigenvalue weighted by atomic mass is 16.2. The fourth-order valence-electron chi connectivity index (χ4n) is 3.27. The minimum atomic E-state index is 0.122. The number of carbonyl (C=O) groups excluding carboxylic acids is 2. The molecule has 0 aromatic rings. The fourth-order valence-corrected chi connectivity index (χ4v) is 3.27. The Labute approximate surface area is 146 Å². The lowest BCUT2D eigenvalue weighted by Gasteiger charge is -2.39. The molecule has 0 spiro atoms. The molecule has 0 aliphatic carbocycles. The van der Waals surface area contributed by atoms with Crippen molar-refractivity contribution >= 4 is 11.8 Å². The fraction of sp³-hybridized carbons (Fsp3) is 0.882. The molecule has 7 nitrogen and oxygen atoms in total. The standard InChI is InChI=1S/C17H33N5O2/c1-14-10-21(8-6-19(14)4)16(23)12-18(3)13-17(24)22-9-7-20(5)15(2)11-22/h14-15H,6-13H2,1-5H3. The maximum Gasteiger partial charge on any atom is 0.236 e. The molecule has 2 unspecified atom stereocenters. The van der Waals surface area contributed by atoms with E-state index in [1.165, 1.54) is 0 Å². The molecule has 7 heteroatoms. The Kier molecular flexibility index (Phi) is 6.60. The smallest absolute Gasteiger partial charge is 0.236 e. The lowest BCUT2D eigenvalue weighted by Crippen LogP contribution is -2.55. The third kappa shape index (κ3) is 4.91. The number of piperazine rings is 2. The first-order chi connectivity index (χ1) is 11.3. The maximum absolute atomic E-state index is 12.4. The van der Waals surface area contributed by atoms with Crippen LogP contribution >= 0.6 is 0 Å². The van der Waals surface area contributed by atoms with E-state index in [4.69, 9.17) is 0 Å². The van der Waals surface area contributed by atoms with Gasteiger partial charge in [0.25, 0.3) is 0 Å². The molecular formula is C17H33N5O2. The largest absolute Gasteiger partial charge is 0.339 e. The van der Waals surface area contributed by atoms with Gasteiger partial charge in [-0.1, -0.05) is 0 Å². The summed E-state index contributed by atoms with van der Waals surface area (Å²) in [5, 5.41) is 0. The van der Waals surface area contributed by atoms with Gasteiger partial charge in [-0.15, -0.1) is 0 Å². The second kappa shape index (κ2) is 8.27. The van der Waals surface area contributed by atoms with Gasteiger partial charge in [-0.2, -0.15) is 0 Å². The van der Waals surface area contributed by atoms with Crippen LogP contribution in [0.3, 0.4) is 0 Å². The normalized spacial score (nSPS) is 26.9. The third-order valence-electron chi connectivity index (χ3n) is 5.44. The highest BCUT2D eigenvalue weighted by molar-refractivity contribution is 5.81. The minimum Gasteiger partial charge on any atom is -0.339 e. The first-order valence-corrected chi connectivity index (χ1v) is 8.92. The average Bonchev–Trinajstić information content (AvgIpc) is 2.52. The van der Waals surface area contributed by atoms with Gasteiger partial charge in [-0.25, -0.2) is 0 Å². The minimum absolute atomic E-state index is 0.122. The van der Waals surface area contributed by atoms with E-state index in [-0.39, 0.29) is 11.8 Å². The second-order valence-corrected chi connectivity index (χ2v) is 7.51. The molecule has 2 amide bonds. The van der Waals surface area contributed by atoms with Gasteiger partial charge in [0.05, 0.1) is 13.1 Å². The summed E-state index contributed by atoms with van der Waals surface area (Å²) in [4.78, 5) is 35.1. The first kappa shape index (κ1) is 19.1. The Hall–Kier alpha value is -1.18. The van der Waals surface area contributed by atoms with Crippen LogP contribution in [0.1, 0.15) is 13.8 Å². The maximum atomic E-state index is 12.4. The molecule has 0 aromatic heterocycles. The molecule has 138 valence electrons. The molecule has 0 bridgehead atoms.